The molecule has 12 heavy (non-hydrogen) atoms. The van der Waals surface area contributed by atoms with Crippen molar-refractivity contribution in [2.24, 2.45) is 4.99 Å². The van der Waals surface area contributed by atoms with E-state index >= 15 is 0 Å². The Balaban J connectivity index is 2.58. The van der Waals surface area contributed by atoms with Crippen molar-refractivity contribution in [3.8, 4) is 0 Å². The van der Waals surface area contributed by atoms with E-state index in [1.165, 1.54) is 12.5 Å². The van der Waals surface area contributed by atoms with Crippen molar-refractivity contribution in [2.45, 2.75) is 5.25 Å². The third-order valence-electron chi connectivity index (χ3n) is 1.54. The number of aliphatic imine (C=N–C) groups is 1. The molecule has 0 radical (unpaired) electrons. The van der Waals surface area contributed by atoms with E-state index in [0.717, 1.165) is 0 Å². The zero-order chi connectivity index (χ0) is 8.60. The molecule has 1 aliphatic heterocycles. The molecule has 1 atom stereocenters. The summed E-state index contributed by atoms with van der Waals surface area (Å²) in [7, 11) is 0. The van der Waals surface area contributed by atoms with Gasteiger partial charge in [-0.05, 0) is 12.1 Å². The Morgan fingerprint density at radius 1 is 1.58 bits per heavy atom. The first-order valence-electron chi connectivity index (χ1n) is 3.34. The van der Waals surface area contributed by atoms with Gasteiger partial charge in [-0.2, -0.15) is 4.39 Å². The third kappa shape index (κ3) is 1.04. The van der Waals surface area contributed by atoms with E-state index in [0.29, 0.717) is 5.69 Å². The van der Waals surface area contributed by atoms with Gasteiger partial charge in [0.2, 0.25) is 0 Å². The van der Waals surface area contributed by atoms with Crippen LogP contribution in [0.5, 0.6) is 0 Å². The van der Waals surface area contributed by atoms with Crippen LogP contribution in [0.1, 0.15) is 5.69 Å². The van der Waals surface area contributed by atoms with E-state index in [4.69, 9.17) is 11.6 Å². The molecule has 0 amide bonds. The highest BCUT2D eigenvalue weighted by Gasteiger charge is 2.34. The number of anilines is 1. The molecule has 0 aliphatic carbocycles. The van der Waals surface area contributed by atoms with Crippen LogP contribution in [0.25, 0.3) is 0 Å². The molecule has 0 spiro atoms. The maximum Gasteiger partial charge on any atom is 0.321 e. The zero-order valence-corrected chi connectivity index (χ0v) is 6.72. The summed E-state index contributed by atoms with van der Waals surface area (Å²) < 4.78 is 13.3. The molecule has 5 heteroatoms. The van der Waals surface area contributed by atoms with Gasteiger partial charge in [0, 0.05) is 6.20 Å². The lowest BCUT2D eigenvalue weighted by Crippen LogP contribution is -2.20. The maximum atomic E-state index is 13.3. The van der Waals surface area contributed by atoms with Crippen LogP contribution in [0.15, 0.2) is 23.3 Å². The summed E-state index contributed by atoms with van der Waals surface area (Å²) in [6, 6.07) is 3.38. The van der Waals surface area contributed by atoms with E-state index in [1.807, 2.05) is 0 Å². The minimum atomic E-state index is -2.22. The molecule has 1 unspecified atom stereocenters. The minimum absolute atomic E-state index is 0.106. The minimum Gasteiger partial charge on any atom is -0.345 e. The van der Waals surface area contributed by atoms with Gasteiger partial charge in [-0.15, -0.1) is 0 Å². The smallest absolute Gasteiger partial charge is 0.321 e. The van der Waals surface area contributed by atoms with Crippen molar-refractivity contribution < 1.29 is 4.39 Å². The normalized spacial score (nSPS) is 26.2. The highest BCUT2D eigenvalue weighted by molar-refractivity contribution is 6.23. The van der Waals surface area contributed by atoms with E-state index in [2.05, 4.69) is 15.3 Å². The average Bonchev–Trinajstić information content (AvgIpc) is 2.04. The van der Waals surface area contributed by atoms with Crippen molar-refractivity contribution in [3.05, 3.63) is 24.0 Å². The van der Waals surface area contributed by atoms with Gasteiger partial charge in [0.15, 0.2) is 0 Å². The molecule has 3 nitrogen and oxygen atoms in total. The third-order valence-corrected chi connectivity index (χ3v) is 1.82. The van der Waals surface area contributed by atoms with Crippen LogP contribution in [0.4, 0.5) is 10.1 Å². The molecule has 2 rings (SSSR count). The first-order valence-corrected chi connectivity index (χ1v) is 3.71. The van der Waals surface area contributed by atoms with Crippen molar-refractivity contribution in [1.82, 2.24) is 4.98 Å². The Morgan fingerprint density at radius 3 is 3.17 bits per heavy atom. The summed E-state index contributed by atoms with van der Waals surface area (Å²) in [4.78, 5) is 7.19. The quantitative estimate of drug-likeness (QED) is 0.495. The van der Waals surface area contributed by atoms with Crippen molar-refractivity contribution >= 4 is 23.6 Å². The summed E-state index contributed by atoms with van der Waals surface area (Å²) >= 11 is 5.44. The standard InChI is InChI=1S/C7H5ClFN3/c8-7(9)6-5(11-4-12-7)2-1-3-10-6/h1-4H,(H,11,12). The number of halogens is 2. The molecule has 0 fully saturated rings. The van der Waals surface area contributed by atoms with Gasteiger partial charge in [0.1, 0.15) is 5.69 Å². The van der Waals surface area contributed by atoms with Gasteiger partial charge in [0.25, 0.3) is 0 Å². The molecule has 1 aromatic heterocycles. The van der Waals surface area contributed by atoms with Crippen molar-refractivity contribution in [2.75, 3.05) is 5.32 Å². The maximum absolute atomic E-state index is 13.3. The second-order valence-electron chi connectivity index (χ2n) is 2.34. The van der Waals surface area contributed by atoms with Crippen LogP contribution in [0.3, 0.4) is 0 Å². The lowest BCUT2D eigenvalue weighted by Gasteiger charge is -2.19. The molecule has 1 aromatic rings. The number of rotatable bonds is 0. The number of pyridine rings is 1. The molecular weight excluding hydrogens is 181 g/mol. The van der Waals surface area contributed by atoms with Crippen molar-refractivity contribution in [3.63, 3.8) is 0 Å². The fourth-order valence-corrected chi connectivity index (χ4v) is 1.20. The van der Waals surface area contributed by atoms with Gasteiger partial charge >= 0.3 is 5.25 Å². The summed E-state index contributed by atoms with van der Waals surface area (Å²) in [5, 5.41) is 0.519. The number of hydrogen-bond donors (Lipinski definition) is 1. The Hall–Kier alpha value is -1.16. The lowest BCUT2D eigenvalue weighted by molar-refractivity contribution is 0.291. The largest absolute Gasteiger partial charge is 0.345 e. The van der Waals surface area contributed by atoms with Crippen LogP contribution >= 0.6 is 11.6 Å². The summed E-state index contributed by atoms with van der Waals surface area (Å²) in [5.41, 5.74) is 0.652. The van der Waals surface area contributed by atoms with Gasteiger partial charge < -0.3 is 5.32 Å². The van der Waals surface area contributed by atoms with E-state index in [1.54, 1.807) is 12.1 Å². The van der Waals surface area contributed by atoms with Gasteiger partial charge in [0.05, 0.1) is 12.0 Å². The predicted octanol–water partition coefficient (Wildman–Crippen LogP) is 1.85. The summed E-state index contributed by atoms with van der Waals surface area (Å²) in [6.45, 7) is 0. The number of nitrogens with zero attached hydrogens (tertiary/aromatic N) is 2. The molecule has 62 valence electrons. The highest BCUT2D eigenvalue weighted by Crippen LogP contribution is 2.36. The van der Waals surface area contributed by atoms with E-state index < -0.39 is 5.25 Å². The van der Waals surface area contributed by atoms with Gasteiger partial charge in [-0.3, -0.25) is 4.98 Å². The second-order valence-corrected chi connectivity index (χ2v) is 2.84. The first-order chi connectivity index (χ1) is 5.70. The van der Waals surface area contributed by atoms with Crippen LogP contribution in [0.2, 0.25) is 0 Å². The Kier molecular flexibility index (Phi) is 1.51. The average molecular weight is 186 g/mol. The van der Waals surface area contributed by atoms with Crippen LogP contribution in [-0.2, 0) is 5.25 Å². The number of alkyl halides is 2. The predicted molar refractivity (Wildman–Crippen MR) is 45.0 cm³/mol. The molecular formula is C7H5ClFN3. The van der Waals surface area contributed by atoms with E-state index in [-0.39, 0.29) is 5.69 Å². The molecule has 0 aromatic carbocycles. The topological polar surface area (TPSA) is 37.3 Å². The molecule has 1 N–H and O–H groups in total. The van der Waals surface area contributed by atoms with E-state index in [9.17, 15) is 4.39 Å². The molecule has 0 saturated heterocycles. The fraction of sp³-hybridized carbons (Fsp3) is 0.143. The molecule has 2 heterocycles. The Labute approximate surface area is 73.3 Å². The summed E-state index contributed by atoms with van der Waals surface area (Å²) in [6.07, 6.45) is 2.69. The van der Waals surface area contributed by atoms with Crippen LogP contribution in [-0.4, -0.2) is 11.3 Å². The molecule has 0 bridgehead atoms. The second kappa shape index (κ2) is 2.42. The van der Waals surface area contributed by atoms with Gasteiger partial charge in [-0.25, -0.2) is 4.99 Å². The van der Waals surface area contributed by atoms with Crippen LogP contribution < -0.4 is 5.32 Å². The SMILES string of the molecule is FC1(Cl)N=CNc2cccnc21. The number of fused-ring (bicyclic) bond motifs is 1. The van der Waals surface area contributed by atoms with Crippen molar-refractivity contribution in [1.29, 1.82) is 0 Å². The number of nitrogens with one attached hydrogen (secondary N) is 1. The number of aromatic nitrogens is 1. The first kappa shape index (κ1) is 7.49. The Bertz CT molecular complexity index is 337. The Morgan fingerprint density at radius 2 is 2.42 bits per heavy atom. The monoisotopic (exact) mass is 185 g/mol. The lowest BCUT2D eigenvalue weighted by atomic mass is 10.2. The highest BCUT2D eigenvalue weighted by atomic mass is 35.5. The zero-order valence-electron chi connectivity index (χ0n) is 5.96. The van der Waals surface area contributed by atoms with Gasteiger partial charge in [-0.1, -0.05) is 11.6 Å². The number of hydrogen-bond acceptors (Lipinski definition) is 3. The molecule has 1 aliphatic rings. The fourth-order valence-electron chi connectivity index (χ4n) is 1.01. The molecule has 0 saturated carbocycles. The van der Waals surface area contributed by atoms with Crippen LogP contribution in [0, 0.1) is 0 Å². The summed E-state index contributed by atoms with van der Waals surface area (Å²) in [5.74, 6) is 0.